The molecule has 4 heterocycles. The first-order valence-electron chi connectivity index (χ1n) is 22.9. The third-order valence-electron chi connectivity index (χ3n) is 18.8. The predicted octanol–water partition coefficient (Wildman–Crippen LogP) is 6.12. The molecule has 56 heavy (non-hydrogen) atoms. The van der Waals surface area contributed by atoms with Crippen LogP contribution in [0.15, 0.2) is 0 Å². The molecule has 0 aromatic heterocycles. The number of aliphatic hydroxyl groups excluding tert-OH is 1. The Labute approximate surface area is 336 Å². The van der Waals surface area contributed by atoms with Gasteiger partial charge in [0.05, 0.1) is 31.5 Å². The minimum absolute atomic E-state index is 0.0234. The van der Waals surface area contributed by atoms with Crippen molar-refractivity contribution in [2.75, 3.05) is 78.7 Å². The van der Waals surface area contributed by atoms with Crippen LogP contribution in [0.3, 0.4) is 0 Å². The first-order valence-corrected chi connectivity index (χ1v) is 22.9. The second-order valence-electron chi connectivity index (χ2n) is 21.6. The zero-order valence-corrected chi connectivity index (χ0v) is 35.8. The van der Waals surface area contributed by atoms with Gasteiger partial charge in [-0.25, -0.2) is 9.59 Å². The van der Waals surface area contributed by atoms with Crippen molar-refractivity contribution in [2.24, 2.45) is 56.7 Å². The van der Waals surface area contributed by atoms with Crippen molar-refractivity contribution in [3.63, 3.8) is 0 Å². The average molecular weight is 783 g/mol. The minimum atomic E-state index is -0.553. The molecular weight excluding hydrogens is 709 g/mol. The summed E-state index contributed by atoms with van der Waals surface area (Å²) in [6.07, 6.45) is 8.06. The average Bonchev–Trinajstić information content (AvgIpc) is 3.78. The summed E-state index contributed by atoms with van der Waals surface area (Å²) in [4.78, 5) is 35.5. The molecule has 316 valence electrons. The molecule has 11 heteroatoms. The van der Waals surface area contributed by atoms with Crippen LogP contribution in [0.4, 0.5) is 9.59 Å². The fourth-order valence-electron chi connectivity index (χ4n) is 15.5. The number of piperazine rings is 1. The van der Waals surface area contributed by atoms with E-state index in [9.17, 15) is 14.7 Å². The van der Waals surface area contributed by atoms with Gasteiger partial charge in [-0.15, -0.1) is 0 Å². The Balaban J connectivity index is 0.860. The number of carbonyl (C=O) groups is 2. The van der Waals surface area contributed by atoms with E-state index in [0.717, 1.165) is 124 Å². The van der Waals surface area contributed by atoms with Gasteiger partial charge in [-0.05, 0) is 104 Å². The third-order valence-corrected chi connectivity index (χ3v) is 18.8. The molecule has 5 aliphatic carbocycles. The smallest absolute Gasteiger partial charge is 0.410 e. The lowest BCUT2D eigenvalue weighted by Gasteiger charge is -2.63. The van der Waals surface area contributed by atoms with E-state index in [2.05, 4.69) is 58.3 Å². The highest BCUT2D eigenvalue weighted by atomic mass is 16.6. The number of fused-ring (bicyclic) bond motifs is 4. The van der Waals surface area contributed by atoms with Crippen LogP contribution >= 0.6 is 0 Å². The largest absolute Gasteiger partial charge is 0.446 e. The molecule has 4 aliphatic heterocycles. The number of morpholine rings is 1. The Morgan fingerprint density at radius 1 is 0.804 bits per heavy atom. The van der Waals surface area contributed by atoms with Gasteiger partial charge in [0.2, 0.25) is 0 Å². The van der Waals surface area contributed by atoms with Gasteiger partial charge in [0, 0.05) is 76.3 Å². The van der Waals surface area contributed by atoms with Crippen molar-refractivity contribution in [1.29, 1.82) is 0 Å². The fourth-order valence-corrected chi connectivity index (χ4v) is 15.5. The lowest BCUT2D eigenvalue weighted by molar-refractivity contribution is -0.185. The van der Waals surface area contributed by atoms with Crippen molar-refractivity contribution in [1.82, 2.24) is 19.6 Å². The van der Waals surface area contributed by atoms with Crippen LogP contribution in [0, 0.1) is 56.7 Å². The molecule has 9 rings (SSSR count). The predicted molar refractivity (Wildman–Crippen MR) is 213 cm³/mol. The quantitative estimate of drug-likeness (QED) is 0.327. The molecular formula is C45H74N4O7. The lowest BCUT2D eigenvalue weighted by atomic mass is 9.41. The third kappa shape index (κ3) is 5.87. The number of rotatable bonds is 7. The highest BCUT2D eigenvalue weighted by Gasteiger charge is 2.85. The van der Waals surface area contributed by atoms with E-state index in [0.29, 0.717) is 17.8 Å². The number of ether oxygens (including phenoxy) is 4. The van der Waals surface area contributed by atoms with Crippen molar-refractivity contribution in [3.05, 3.63) is 0 Å². The minimum Gasteiger partial charge on any atom is -0.446 e. The van der Waals surface area contributed by atoms with Gasteiger partial charge < -0.3 is 33.9 Å². The molecule has 13 atom stereocenters. The lowest BCUT2D eigenvalue weighted by Crippen LogP contribution is -2.60. The van der Waals surface area contributed by atoms with E-state index in [-0.39, 0.29) is 75.5 Å². The molecule has 9 fully saturated rings. The maximum Gasteiger partial charge on any atom is 0.410 e. The SMILES string of the molecule is CC(C)[C@@H](OC(=O)N1CCC1)[C@H]1C[C@@H](C)[C@H]2[C@H](O1)[C@H](O)[C@@]1(C)[C@@H]3CC[C@H]4C(C)(C)[C@@H](OC(=O)N5CCN(CCN6CCOCC6)CC5)CC[C@@]45CC35CC[C@]21C. The van der Waals surface area contributed by atoms with Crippen molar-refractivity contribution >= 4 is 12.2 Å². The Bertz CT molecular complexity index is 1490. The molecule has 1 N–H and O–H groups in total. The molecule has 0 aromatic carbocycles. The van der Waals surface area contributed by atoms with Crippen LogP contribution in [0.2, 0.25) is 0 Å². The summed E-state index contributed by atoms with van der Waals surface area (Å²) < 4.78 is 25.3. The molecule has 0 bridgehead atoms. The summed E-state index contributed by atoms with van der Waals surface area (Å²) in [5.41, 5.74) is 0.117. The first kappa shape index (κ1) is 39.8. The molecule has 1 unspecified atom stereocenters. The zero-order valence-electron chi connectivity index (χ0n) is 35.8. The standard InChI is InChI=1S/C45H74N4O7/c1-29(2)36(56-40(52)48-15-8-16-48)31-27-30(3)35-37(54-31)38(50)43(7)33-10-9-32-41(4,5)34(11-12-44(32)28-45(33,44)14-13-42(35,43)6)55-39(51)49-21-19-46(20-22-49)17-18-47-23-25-53-26-24-47/h29-38,50H,8-28H2,1-7H3/t30-,31-,32+,33+,34+,35+,36-,37+,38+,42-,43-,44-,45?/m1/s1. The second-order valence-corrected chi connectivity index (χ2v) is 21.6. The number of aliphatic hydroxyl groups is 1. The van der Waals surface area contributed by atoms with Crippen LogP contribution in [-0.4, -0.2) is 146 Å². The van der Waals surface area contributed by atoms with Gasteiger partial charge in [0.25, 0.3) is 0 Å². The number of nitrogens with zero attached hydrogens (tertiary/aromatic N) is 4. The summed E-state index contributed by atoms with van der Waals surface area (Å²) in [5, 5.41) is 12.7. The van der Waals surface area contributed by atoms with E-state index >= 15 is 0 Å². The van der Waals surface area contributed by atoms with Crippen molar-refractivity contribution in [2.45, 2.75) is 137 Å². The summed E-state index contributed by atoms with van der Waals surface area (Å²) in [5.74, 6) is 1.73. The molecule has 4 saturated heterocycles. The van der Waals surface area contributed by atoms with E-state index in [1.165, 1.54) is 12.8 Å². The zero-order chi connectivity index (χ0) is 39.4. The summed E-state index contributed by atoms with van der Waals surface area (Å²) >= 11 is 0. The monoisotopic (exact) mass is 783 g/mol. The normalized spacial score (nSPS) is 46.4. The van der Waals surface area contributed by atoms with Gasteiger partial charge in [-0.2, -0.15) is 0 Å². The summed E-state index contributed by atoms with van der Waals surface area (Å²) in [6.45, 7) is 27.0. The van der Waals surface area contributed by atoms with Crippen LogP contribution in [0.1, 0.15) is 106 Å². The molecule has 2 spiro atoms. The maximum absolute atomic E-state index is 13.7. The molecule has 11 nitrogen and oxygen atoms in total. The fraction of sp³-hybridized carbons (Fsp3) is 0.956. The molecule has 5 saturated carbocycles. The van der Waals surface area contributed by atoms with Crippen LogP contribution < -0.4 is 0 Å². The van der Waals surface area contributed by atoms with Crippen molar-refractivity contribution < 1.29 is 33.6 Å². The van der Waals surface area contributed by atoms with Crippen molar-refractivity contribution in [3.8, 4) is 0 Å². The Morgan fingerprint density at radius 2 is 1.45 bits per heavy atom. The summed E-state index contributed by atoms with van der Waals surface area (Å²) in [6, 6.07) is 0. The van der Waals surface area contributed by atoms with E-state index in [1.807, 2.05) is 4.90 Å². The Kier molecular flexibility index (Phi) is 10.1. The topological polar surface area (TPSA) is 104 Å². The van der Waals surface area contributed by atoms with E-state index < -0.39 is 6.10 Å². The second kappa shape index (κ2) is 14.2. The van der Waals surface area contributed by atoms with Gasteiger partial charge in [0.15, 0.2) is 0 Å². The molecule has 2 amide bonds. The number of carbonyl (C=O) groups excluding carboxylic acids is 2. The van der Waals surface area contributed by atoms with Crippen LogP contribution in [0.25, 0.3) is 0 Å². The van der Waals surface area contributed by atoms with Gasteiger partial charge in [-0.3, -0.25) is 9.80 Å². The Morgan fingerprint density at radius 3 is 2.11 bits per heavy atom. The van der Waals surface area contributed by atoms with Gasteiger partial charge in [0.1, 0.15) is 12.2 Å². The molecule has 9 aliphatic rings. The first-order chi connectivity index (χ1) is 26.7. The number of hydrogen-bond acceptors (Lipinski definition) is 9. The number of hydrogen-bond donors (Lipinski definition) is 1. The van der Waals surface area contributed by atoms with E-state index in [1.54, 1.807) is 4.90 Å². The maximum atomic E-state index is 13.7. The van der Waals surface area contributed by atoms with Crippen LogP contribution in [-0.2, 0) is 18.9 Å². The molecule has 0 radical (unpaired) electrons. The van der Waals surface area contributed by atoms with Gasteiger partial charge in [-0.1, -0.05) is 48.5 Å². The number of amides is 2. The summed E-state index contributed by atoms with van der Waals surface area (Å²) in [7, 11) is 0. The van der Waals surface area contributed by atoms with E-state index in [4.69, 9.17) is 18.9 Å². The number of likely N-dealkylation sites (tertiary alicyclic amines) is 1. The highest BCUT2D eigenvalue weighted by Crippen LogP contribution is 2.89. The molecule has 0 aromatic rings. The van der Waals surface area contributed by atoms with Crippen LogP contribution in [0.5, 0.6) is 0 Å². The van der Waals surface area contributed by atoms with Gasteiger partial charge >= 0.3 is 12.2 Å². The highest BCUT2D eigenvalue weighted by molar-refractivity contribution is 5.69. The Hall–Kier alpha value is -1.66.